The Kier molecular flexibility index (Phi) is 5.63. The number of esters is 1. The number of methoxy groups -OCH3 is 2. The molecule has 2 aromatic rings. The van der Waals surface area contributed by atoms with Crippen LogP contribution in [0.3, 0.4) is 0 Å². The first kappa shape index (κ1) is 21.5. The van der Waals surface area contributed by atoms with Gasteiger partial charge in [0.05, 0.1) is 26.4 Å². The number of fused-ring (bicyclic) bond motifs is 1. The molecule has 0 aromatic heterocycles. The molecule has 5 heteroatoms. The van der Waals surface area contributed by atoms with Crippen LogP contribution in [0.15, 0.2) is 30.3 Å². The van der Waals surface area contributed by atoms with Crippen LogP contribution in [0.2, 0.25) is 0 Å². The van der Waals surface area contributed by atoms with Crippen molar-refractivity contribution in [2.45, 2.75) is 53.1 Å². The van der Waals surface area contributed by atoms with Crippen molar-refractivity contribution >= 4 is 5.97 Å². The molecule has 1 heterocycles. The van der Waals surface area contributed by atoms with Crippen LogP contribution in [0.5, 0.6) is 17.2 Å². The van der Waals surface area contributed by atoms with Gasteiger partial charge in [0.25, 0.3) is 0 Å². The lowest BCUT2D eigenvalue weighted by Crippen LogP contribution is -2.39. The zero-order valence-electron chi connectivity index (χ0n) is 19.2. The molecule has 2 aliphatic rings. The van der Waals surface area contributed by atoms with Gasteiger partial charge in [-0.15, -0.1) is 0 Å². The Bertz CT molecular complexity index is 982. The maximum atomic E-state index is 11.8. The van der Waals surface area contributed by atoms with E-state index < -0.39 is 0 Å². The summed E-state index contributed by atoms with van der Waals surface area (Å²) in [6.07, 6.45) is 4.74. The average molecular weight is 425 g/mol. The molecule has 0 bridgehead atoms. The minimum atomic E-state index is -0.264. The van der Waals surface area contributed by atoms with Crippen molar-refractivity contribution in [1.29, 1.82) is 0 Å². The van der Waals surface area contributed by atoms with E-state index in [-0.39, 0.29) is 16.8 Å². The molecular formula is C26H32O5. The maximum absolute atomic E-state index is 11.8. The Morgan fingerprint density at radius 2 is 1.74 bits per heavy atom. The third-order valence-electron chi connectivity index (χ3n) is 6.34. The van der Waals surface area contributed by atoms with Crippen LogP contribution >= 0.6 is 0 Å². The predicted molar refractivity (Wildman–Crippen MR) is 120 cm³/mol. The topological polar surface area (TPSA) is 54.0 Å². The minimum Gasteiger partial charge on any atom is -0.493 e. The summed E-state index contributed by atoms with van der Waals surface area (Å²) >= 11 is 0. The smallest absolute Gasteiger partial charge is 0.338 e. The van der Waals surface area contributed by atoms with Crippen molar-refractivity contribution in [3.63, 3.8) is 0 Å². The van der Waals surface area contributed by atoms with E-state index in [1.54, 1.807) is 14.2 Å². The standard InChI is InChI=1S/C26H32O5/c1-25(2,3)15-26(11-6-12-26)16-31-22-19(9-10-21(28-4)23(22)29-5)17-7-8-20-18(13-17)14-30-24(20)27/h7-10,13H,6,11-12,14-16H2,1-5H3. The van der Waals surface area contributed by atoms with Crippen molar-refractivity contribution in [2.75, 3.05) is 20.8 Å². The van der Waals surface area contributed by atoms with Crippen molar-refractivity contribution in [3.05, 3.63) is 41.5 Å². The van der Waals surface area contributed by atoms with Crippen LogP contribution in [0.25, 0.3) is 11.1 Å². The molecule has 1 fully saturated rings. The van der Waals surface area contributed by atoms with Gasteiger partial charge in [-0.05, 0) is 54.5 Å². The van der Waals surface area contributed by atoms with E-state index >= 15 is 0 Å². The first-order valence-corrected chi connectivity index (χ1v) is 10.9. The van der Waals surface area contributed by atoms with E-state index in [1.807, 2.05) is 30.3 Å². The molecule has 0 radical (unpaired) electrons. The van der Waals surface area contributed by atoms with Crippen LogP contribution in [0.1, 0.15) is 62.4 Å². The Labute approximate surface area is 184 Å². The van der Waals surface area contributed by atoms with E-state index in [4.69, 9.17) is 18.9 Å². The second-order valence-corrected chi connectivity index (χ2v) is 10.0. The van der Waals surface area contributed by atoms with E-state index in [0.29, 0.717) is 36.0 Å². The molecule has 31 heavy (non-hydrogen) atoms. The van der Waals surface area contributed by atoms with Gasteiger partial charge in [-0.25, -0.2) is 4.79 Å². The zero-order chi connectivity index (χ0) is 22.2. The molecule has 0 amide bonds. The number of benzene rings is 2. The SMILES string of the molecule is COc1ccc(-c2ccc3c(c2)COC3=O)c(OCC2(CC(C)(C)C)CCC2)c1OC. The van der Waals surface area contributed by atoms with Gasteiger partial charge in [0, 0.05) is 16.5 Å². The van der Waals surface area contributed by atoms with Gasteiger partial charge in [0.15, 0.2) is 11.5 Å². The summed E-state index contributed by atoms with van der Waals surface area (Å²) in [6.45, 7) is 7.82. The monoisotopic (exact) mass is 424 g/mol. The van der Waals surface area contributed by atoms with Crippen molar-refractivity contribution in [3.8, 4) is 28.4 Å². The molecule has 5 nitrogen and oxygen atoms in total. The van der Waals surface area contributed by atoms with Crippen molar-refractivity contribution < 1.29 is 23.7 Å². The molecule has 4 rings (SSSR count). The second-order valence-electron chi connectivity index (χ2n) is 10.0. The van der Waals surface area contributed by atoms with Crippen LogP contribution in [-0.4, -0.2) is 26.8 Å². The molecular weight excluding hydrogens is 392 g/mol. The molecule has 1 saturated carbocycles. The Morgan fingerprint density at radius 3 is 2.35 bits per heavy atom. The molecule has 0 saturated heterocycles. The Hall–Kier alpha value is -2.69. The minimum absolute atomic E-state index is 0.196. The van der Waals surface area contributed by atoms with Gasteiger partial charge in [0.2, 0.25) is 5.75 Å². The predicted octanol–water partition coefficient (Wildman–Crippen LogP) is 6.03. The molecule has 0 unspecified atom stereocenters. The number of carbonyl (C=O) groups is 1. The van der Waals surface area contributed by atoms with Crippen molar-refractivity contribution in [1.82, 2.24) is 0 Å². The third-order valence-corrected chi connectivity index (χ3v) is 6.34. The second kappa shape index (κ2) is 8.10. The summed E-state index contributed by atoms with van der Waals surface area (Å²) < 4.78 is 23.0. The quantitative estimate of drug-likeness (QED) is 0.508. The molecule has 0 spiro atoms. The fourth-order valence-electron chi connectivity index (χ4n) is 4.97. The highest BCUT2D eigenvalue weighted by atomic mass is 16.5. The van der Waals surface area contributed by atoms with Crippen LogP contribution in [0.4, 0.5) is 0 Å². The lowest BCUT2D eigenvalue weighted by Gasteiger charge is -2.45. The summed E-state index contributed by atoms with van der Waals surface area (Å²) in [5, 5.41) is 0. The van der Waals surface area contributed by atoms with Crippen molar-refractivity contribution in [2.24, 2.45) is 10.8 Å². The molecule has 2 aromatic carbocycles. The maximum Gasteiger partial charge on any atom is 0.338 e. The van der Waals surface area contributed by atoms with Gasteiger partial charge in [-0.3, -0.25) is 0 Å². The molecule has 1 aliphatic carbocycles. The summed E-state index contributed by atoms with van der Waals surface area (Å²) in [4.78, 5) is 11.8. The summed E-state index contributed by atoms with van der Waals surface area (Å²) in [5.74, 6) is 1.66. The number of ether oxygens (including phenoxy) is 4. The highest BCUT2D eigenvalue weighted by Gasteiger charge is 2.41. The van der Waals surface area contributed by atoms with E-state index in [2.05, 4.69) is 20.8 Å². The fraction of sp³-hybridized carbons (Fsp3) is 0.500. The highest BCUT2D eigenvalue weighted by molar-refractivity contribution is 5.94. The van der Waals surface area contributed by atoms with Crippen LogP contribution < -0.4 is 14.2 Å². The largest absolute Gasteiger partial charge is 0.493 e. The van der Waals surface area contributed by atoms with E-state index in [0.717, 1.165) is 23.1 Å². The molecule has 0 atom stereocenters. The first-order valence-electron chi connectivity index (χ1n) is 10.9. The fourth-order valence-corrected chi connectivity index (χ4v) is 4.97. The molecule has 166 valence electrons. The van der Waals surface area contributed by atoms with Crippen LogP contribution in [-0.2, 0) is 11.3 Å². The number of hydrogen-bond acceptors (Lipinski definition) is 5. The third kappa shape index (κ3) is 4.23. The summed E-state index contributed by atoms with van der Waals surface area (Å²) in [6, 6.07) is 9.65. The number of carbonyl (C=O) groups excluding carboxylic acids is 1. The average Bonchev–Trinajstić information content (AvgIpc) is 3.08. The van der Waals surface area contributed by atoms with E-state index in [1.165, 1.54) is 19.3 Å². The molecule has 1 aliphatic heterocycles. The number of hydrogen-bond donors (Lipinski definition) is 0. The number of cyclic esters (lactones) is 1. The first-order chi connectivity index (χ1) is 14.8. The van der Waals surface area contributed by atoms with Gasteiger partial charge in [-0.2, -0.15) is 0 Å². The van der Waals surface area contributed by atoms with Gasteiger partial charge < -0.3 is 18.9 Å². The number of rotatable bonds is 7. The lowest BCUT2D eigenvalue weighted by molar-refractivity contribution is 0.0161. The summed E-state index contributed by atoms with van der Waals surface area (Å²) in [7, 11) is 3.27. The lowest BCUT2D eigenvalue weighted by atomic mass is 9.62. The highest BCUT2D eigenvalue weighted by Crippen LogP contribution is 2.51. The summed E-state index contributed by atoms with van der Waals surface area (Å²) in [5.41, 5.74) is 3.85. The normalized spacial score (nSPS) is 16.9. The van der Waals surface area contributed by atoms with E-state index in [9.17, 15) is 4.79 Å². The Morgan fingerprint density at radius 1 is 1.00 bits per heavy atom. The zero-order valence-corrected chi connectivity index (χ0v) is 19.2. The van der Waals surface area contributed by atoms with Gasteiger partial charge in [-0.1, -0.05) is 33.3 Å². The molecule has 0 N–H and O–H groups in total. The van der Waals surface area contributed by atoms with Crippen LogP contribution in [0, 0.1) is 10.8 Å². The van der Waals surface area contributed by atoms with Gasteiger partial charge in [0.1, 0.15) is 6.61 Å². The van der Waals surface area contributed by atoms with Gasteiger partial charge >= 0.3 is 5.97 Å². The Balaban J connectivity index is 1.71.